The molecular formula is C6H8O. The summed E-state index contributed by atoms with van der Waals surface area (Å²) < 4.78 is 0. The maximum atomic E-state index is 10.5. The van der Waals surface area contributed by atoms with Crippen LogP contribution in [0.3, 0.4) is 0 Å². The lowest BCUT2D eigenvalue weighted by Crippen LogP contribution is -1.88. The molecule has 0 amide bonds. The van der Waals surface area contributed by atoms with E-state index in [9.17, 15) is 4.79 Å². The molecule has 0 atom stereocenters. The standard InChI is InChI=1S/C6H8O/c1-5-3-2-4-6(5)7/h3H,2,4H2,1H3. The van der Waals surface area contributed by atoms with Crippen molar-refractivity contribution in [3.63, 3.8) is 0 Å². The number of rotatable bonds is 0. The number of hydrogen-bond donors (Lipinski definition) is 0. The Morgan fingerprint density at radius 2 is 2.43 bits per heavy atom. The number of ketones is 1. The lowest BCUT2D eigenvalue weighted by molar-refractivity contribution is -0.114. The van der Waals surface area contributed by atoms with Crippen molar-refractivity contribution in [3.8, 4) is 0 Å². The summed E-state index contributed by atoms with van der Waals surface area (Å²) in [6, 6.07) is 0. The van der Waals surface area contributed by atoms with Gasteiger partial charge in [0.15, 0.2) is 5.78 Å². The Labute approximate surface area is 43.0 Å². The highest BCUT2D eigenvalue weighted by atomic mass is 16.1. The van der Waals surface area contributed by atoms with Gasteiger partial charge in [-0.1, -0.05) is 6.08 Å². The van der Waals surface area contributed by atoms with E-state index in [0.717, 1.165) is 18.4 Å². The molecule has 7 heavy (non-hydrogen) atoms. The zero-order valence-electron chi connectivity index (χ0n) is 4.40. The maximum absolute atomic E-state index is 10.5. The van der Waals surface area contributed by atoms with Crippen LogP contribution in [0.25, 0.3) is 0 Å². The van der Waals surface area contributed by atoms with E-state index in [1.807, 2.05) is 13.0 Å². The second-order valence-electron chi connectivity index (χ2n) is 1.85. The van der Waals surface area contributed by atoms with Crippen LogP contribution in [0.15, 0.2) is 11.6 Å². The van der Waals surface area contributed by atoms with Crippen molar-refractivity contribution >= 4 is 5.78 Å². The molecule has 0 unspecified atom stereocenters. The topological polar surface area (TPSA) is 17.1 Å². The van der Waals surface area contributed by atoms with E-state index < -0.39 is 0 Å². The van der Waals surface area contributed by atoms with Gasteiger partial charge in [0.1, 0.15) is 0 Å². The fourth-order valence-corrected chi connectivity index (χ4v) is 0.731. The summed E-state index contributed by atoms with van der Waals surface area (Å²) in [6.45, 7) is 1.87. The van der Waals surface area contributed by atoms with Gasteiger partial charge in [0, 0.05) is 6.42 Å². The second kappa shape index (κ2) is 1.49. The number of hydrogen-bond acceptors (Lipinski definition) is 1. The van der Waals surface area contributed by atoms with Gasteiger partial charge >= 0.3 is 0 Å². The van der Waals surface area contributed by atoms with E-state index >= 15 is 0 Å². The molecule has 0 N–H and O–H groups in total. The Hall–Kier alpha value is -0.590. The minimum atomic E-state index is 0.319. The highest BCUT2D eigenvalue weighted by Crippen LogP contribution is 2.11. The zero-order chi connectivity index (χ0) is 5.28. The van der Waals surface area contributed by atoms with Crippen molar-refractivity contribution < 1.29 is 4.79 Å². The molecule has 1 aliphatic carbocycles. The normalized spacial score (nSPS) is 20.1. The van der Waals surface area contributed by atoms with E-state index in [2.05, 4.69) is 0 Å². The molecule has 0 radical (unpaired) electrons. The maximum Gasteiger partial charge on any atom is 0.158 e. The van der Waals surface area contributed by atoms with E-state index in [-0.39, 0.29) is 0 Å². The average Bonchev–Trinajstić information content (AvgIpc) is 1.91. The van der Waals surface area contributed by atoms with Crippen LogP contribution in [0.2, 0.25) is 0 Å². The van der Waals surface area contributed by atoms with Crippen molar-refractivity contribution in [2.24, 2.45) is 0 Å². The van der Waals surface area contributed by atoms with Crippen molar-refractivity contribution in [1.82, 2.24) is 0 Å². The molecule has 0 aromatic carbocycles. The van der Waals surface area contributed by atoms with Crippen molar-refractivity contribution in [1.29, 1.82) is 0 Å². The lowest BCUT2D eigenvalue weighted by atomic mass is 10.2. The van der Waals surface area contributed by atoms with Crippen LogP contribution < -0.4 is 0 Å². The molecule has 1 nitrogen and oxygen atoms in total. The first-order valence-electron chi connectivity index (χ1n) is 2.50. The summed E-state index contributed by atoms with van der Waals surface area (Å²) in [7, 11) is 0. The quantitative estimate of drug-likeness (QED) is 0.444. The predicted molar refractivity (Wildman–Crippen MR) is 28.0 cm³/mol. The van der Waals surface area contributed by atoms with Crippen molar-refractivity contribution in [3.05, 3.63) is 11.6 Å². The zero-order valence-corrected chi connectivity index (χ0v) is 4.40. The first-order chi connectivity index (χ1) is 3.30. The first-order valence-corrected chi connectivity index (χ1v) is 2.50. The molecule has 0 heterocycles. The molecule has 0 fully saturated rings. The lowest BCUT2D eigenvalue weighted by Gasteiger charge is -1.81. The smallest absolute Gasteiger partial charge is 0.158 e. The highest BCUT2D eigenvalue weighted by Gasteiger charge is 2.08. The molecular weight excluding hydrogens is 88.1 g/mol. The van der Waals surface area contributed by atoms with Crippen LogP contribution in [0.5, 0.6) is 0 Å². The van der Waals surface area contributed by atoms with Crippen LogP contribution in [-0.4, -0.2) is 5.78 Å². The molecule has 1 rings (SSSR count). The second-order valence-corrected chi connectivity index (χ2v) is 1.85. The van der Waals surface area contributed by atoms with Gasteiger partial charge in [-0.2, -0.15) is 0 Å². The Balaban J connectivity index is 2.72. The molecule has 0 saturated heterocycles. The summed E-state index contributed by atoms with van der Waals surface area (Å²) in [5.74, 6) is 0.319. The van der Waals surface area contributed by atoms with Gasteiger partial charge < -0.3 is 0 Å². The van der Waals surface area contributed by atoms with Gasteiger partial charge in [-0.3, -0.25) is 4.79 Å². The minimum Gasteiger partial charge on any atom is -0.295 e. The Morgan fingerprint density at radius 1 is 1.71 bits per heavy atom. The van der Waals surface area contributed by atoms with Crippen LogP contribution in [0.1, 0.15) is 19.8 Å². The van der Waals surface area contributed by atoms with Gasteiger partial charge in [-0.25, -0.2) is 0 Å². The van der Waals surface area contributed by atoms with Crippen molar-refractivity contribution in [2.75, 3.05) is 0 Å². The van der Waals surface area contributed by atoms with E-state index in [1.165, 1.54) is 0 Å². The van der Waals surface area contributed by atoms with Crippen molar-refractivity contribution in [2.45, 2.75) is 19.8 Å². The fraction of sp³-hybridized carbons (Fsp3) is 0.500. The summed E-state index contributed by atoms with van der Waals surface area (Å²) in [5.41, 5.74) is 0.944. The molecule has 0 aliphatic heterocycles. The van der Waals surface area contributed by atoms with Gasteiger partial charge in [0.25, 0.3) is 0 Å². The molecule has 38 valence electrons. The average molecular weight is 96.1 g/mol. The Bertz CT molecular complexity index is 122. The third kappa shape index (κ3) is 0.710. The van der Waals surface area contributed by atoms with Gasteiger partial charge in [0.2, 0.25) is 0 Å². The highest BCUT2D eigenvalue weighted by molar-refractivity contribution is 5.96. The summed E-state index contributed by atoms with van der Waals surface area (Å²) in [5, 5.41) is 0. The van der Waals surface area contributed by atoms with Crippen LogP contribution >= 0.6 is 0 Å². The van der Waals surface area contributed by atoms with Gasteiger partial charge in [-0.05, 0) is 18.9 Å². The molecule has 1 heteroatoms. The minimum absolute atomic E-state index is 0.319. The van der Waals surface area contributed by atoms with E-state index in [1.54, 1.807) is 0 Å². The van der Waals surface area contributed by atoms with E-state index in [4.69, 9.17) is 0 Å². The molecule has 1 aliphatic rings. The molecule has 0 saturated carbocycles. The molecule has 0 aromatic heterocycles. The number of allylic oxidation sites excluding steroid dienone is 2. The summed E-state index contributed by atoms with van der Waals surface area (Å²) in [6.07, 6.45) is 3.69. The predicted octanol–water partition coefficient (Wildman–Crippen LogP) is 1.30. The fourth-order valence-electron chi connectivity index (χ4n) is 0.731. The first kappa shape index (κ1) is 4.57. The Morgan fingerprint density at radius 3 is 2.57 bits per heavy atom. The van der Waals surface area contributed by atoms with Crippen LogP contribution in [0, 0.1) is 0 Å². The number of Topliss-reactive ketones (excluding diaryl/α,β-unsaturated/α-hetero) is 1. The Kier molecular flexibility index (Phi) is 0.970. The van der Waals surface area contributed by atoms with Gasteiger partial charge in [0.05, 0.1) is 0 Å². The summed E-state index contributed by atoms with van der Waals surface area (Å²) >= 11 is 0. The van der Waals surface area contributed by atoms with Gasteiger partial charge in [-0.15, -0.1) is 0 Å². The molecule has 0 aromatic rings. The SMILES string of the molecule is CC1=CCCC1=O. The third-order valence-electron chi connectivity index (χ3n) is 1.26. The van der Waals surface area contributed by atoms with Crippen LogP contribution in [0.4, 0.5) is 0 Å². The largest absolute Gasteiger partial charge is 0.295 e. The van der Waals surface area contributed by atoms with Crippen LogP contribution in [-0.2, 0) is 4.79 Å². The molecule has 0 bridgehead atoms. The number of carbonyl (C=O) groups is 1. The summed E-state index contributed by atoms with van der Waals surface area (Å²) in [4.78, 5) is 10.5. The van der Waals surface area contributed by atoms with E-state index in [0.29, 0.717) is 5.78 Å². The monoisotopic (exact) mass is 96.1 g/mol. The molecule has 0 spiro atoms. The number of carbonyl (C=O) groups excluding carboxylic acids is 1. The third-order valence-corrected chi connectivity index (χ3v) is 1.26.